The fourth-order valence-corrected chi connectivity index (χ4v) is 12.7. The van der Waals surface area contributed by atoms with Crippen LogP contribution in [0.5, 0.6) is 0 Å². The molecule has 0 bridgehead atoms. The van der Waals surface area contributed by atoms with Crippen LogP contribution in [-0.4, -0.2) is 135 Å². The highest BCUT2D eigenvalue weighted by atomic mass is 16.5. The SMILES string of the molecule is CC[C@@H](C)C(=O)N[C@H](C(=O)N1C[C@@H](NC(=O)c2ccc(C(=O)N[C@H]3C[C@@H](c4cn5c(-c6ccccc6)cccc5n4)N(C(=O)[C@@H](CC(=O)[C@H](C)NC)C4CCOCC4)C3)cc2)C[C@H]1c1cn2c(-c3ccccc3)cccc2n1)C1CCOCC1. The smallest absolute Gasteiger partial charge is 0.251 e. The van der Waals surface area contributed by atoms with E-state index in [1.54, 1.807) is 36.2 Å². The third kappa shape index (κ3) is 12.4. The summed E-state index contributed by atoms with van der Waals surface area (Å²) in [5.74, 6) is -2.37. The highest BCUT2D eigenvalue weighted by molar-refractivity contribution is 5.98. The largest absolute Gasteiger partial charge is 0.381 e. The van der Waals surface area contributed by atoms with Crippen molar-refractivity contribution in [3.05, 3.63) is 156 Å². The molecule has 8 heterocycles. The lowest BCUT2D eigenvalue weighted by molar-refractivity contribution is -0.142. The van der Waals surface area contributed by atoms with Crippen molar-refractivity contribution in [2.75, 3.05) is 46.6 Å². The number of benzene rings is 3. The van der Waals surface area contributed by atoms with E-state index in [9.17, 15) is 19.2 Å². The maximum absolute atomic E-state index is 15.2. The monoisotopic (exact) mass is 1140 g/mol. The van der Waals surface area contributed by atoms with Gasteiger partial charge in [0.1, 0.15) is 23.1 Å². The number of likely N-dealkylation sites (N-methyl/N-ethyl adjacent to an activating group) is 1. The number of fused-ring (bicyclic) bond motifs is 2. The van der Waals surface area contributed by atoms with Crippen LogP contribution in [0.15, 0.2) is 134 Å². The fraction of sp³-hybridized carbons (Fsp3) is 0.424. The topological polar surface area (TPSA) is 210 Å². The molecule has 4 saturated heterocycles. The minimum atomic E-state index is -0.794. The Kier molecular flexibility index (Phi) is 17.8. The van der Waals surface area contributed by atoms with Crippen LogP contribution in [0.1, 0.15) is 116 Å². The average Bonchev–Trinajstić information content (AvgIpc) is 2.65. The van der Waals surface area contributed by atoms with Gasteiger partial charge in [-0.2, -0.15) is 0 Å². The number of Topliss-reactive ketones (excluding diaryl/α,β-unsaturated/α-hetero) is 1. The first-order valence-corrected chi connectivity index (χ1v) is 29.9. The third-order valence-corrected chi connectivity index (χ3v) is 17.9. The van der Waals surface area contributed by atoms with E-state index < -0.39 is 42.2 Å². The summed E-state index contributed by atoms with van der Waals surface area (Å²) in [5.41, 5.74) is 7.36. The number of amides is 5. The summed E-state index contributed by atoms with van der Waals surface area (Å²) in [6, 6.07) is 35.2. The van der Waals surface area contributed by atoms with Crippen LogP contribution >= 0.6 is 0 Å². The standard InChI is InChI=1S/C66H76N10O8/c1-5-41(2)62(78)72-61(46-28-32-84-33-29-46)66(82)76-38-50(35-57(76)53-40-74-55(19-13-21-60(74)71-53)45-16-10-7-11-17-45)69-64(80)48-24-22-47(23-25-48)63(79)68-49-34-56(52-39-73-54(18-12-20-59(73)70-52)44-14-8-6-9-15-44)75(37-49)65(81)51(36-58(77)42(3)67-4)43-26-30-83-31-27-43/h6-25,39-43,46,49-51,56-57,61,67H,5,26-38H2,1-4H3,(H,68,79)(H,69,80)(H,72,78)/t41-,42+,49+,50+,51+,56+,57+,61+/m1/s1. The molecule has 8 atom stereocenters. The van der Waals surface area contributed by atoms with Crippen LogP contribution in [0.25, 0.3) is 33.8 Å². The first kappa shape index (κ1) is 57.7. The van der Waals surface area contributed by atoms with Crippen molar-refractivity contribution in [3.63, 3.8) is 0 Å². The number of nitrogens with one attached hydrogen (secondary N) is 4. The van der Waals surface area contributed by atoms with Gasteiger partial charge in [0.2, 0.25) is 17.7 Å². The summed E-state index contributed by atoms with van der Waals surface area (Å²) in [5, 5.41) is 12.6. The molecule has 4 fully saturated rings. The minimum Gasteiger partial charge on any atom is -0.381 e. The summed E-state index contributed by atoms with van der Waals surface area (Å²) < 4.78 is 15.5. The summed E-state index contributed by atoms with van der Waals surface area (Å²) in [4.78, 5) is 100.0. The van der Waals surface area contributed by atoms with Gasteiger partial charge >= 0.3 is 0 Å². The Labute approximate surface area is 490 Å². The van der Waals surface area contributed by atoms with Gasteiger partial charge in [0.05, 0.1) is 40.9 Å². The van der Waals surface area contributed by atoms with E-state index in [4.69, 9.17) is 19.4 Å². The highest BCUT2D eigenvalue weighted by Crippen LogP contribution is 2.39. The van der Waals surface area contributed by atoms with E-state index in [1.807, 2.05) is 144 Å². The molecular formula is C66H76N10O8. The fourth-order valence-electron chi connectivity index (χ4n) is 12.7. The number of carbonyl (C=O) groups is 6. The number of carbonyl (C=O) groups excluding carboxylic acids is 6. The van der Waals surface area contributed by atoms with Crippen LogP contribution in [0.3, 0.4) is 0 Å². The lowest BCUT2D eigenvalue weighted by Crippen LogP contribution is -2.54. The molecule has 0 saturated carbocycles. The highest BCUT2D eigenvalue weighted by Gasteiger charge is 2.46. The number of hydrogen-bond donors (Lipinski definition) is 4. The van der Waals surface area contributed by atoms with Crippen LogP contribution in [0.2, 0.25) is 0 Å². The van der Waals surface area contributed by atoms with E-state index in [-0.39, 0.29) is 72.6 Å². The number of nitrogens with zero attached hydrogens (tertiary/aromatic N) is 6. The molecule has 4 aliphatic heterocycles. The zero-order valence-corrected chi connectivity index (χ0v) is 48.3. The Hall–Kier alpha value is -8.06. The first-order valence-electron chi connectivity index (χ1n) is 29.9. The molecule has 84 heavy (non-hydrogen) atoms. The quantitative estimate of drug-likeness (QED) is 0.0609. The molecule has 5 amide bonds. The molecule has 18 heteroatoms. The number of ether oxygens (including phenoxy) is 2. The van der Waals surface area contributed by atoms with Crippen molar-refractivity contribution in [2.45, 2.75) is 108 Å². The number of ketones is 1. The van der Waals surface area contributed by atoms with Crippen molar-refractivity contribution < 1.29 is 38.2 Å². The molecule has 4 N–H and O–H groups in total. The molecule has 0 aliphatic carbocycles. The second-order valence-corrected chi connectivity index (χ2v) is 23.2. The first-order chi connectivity index (χ1) is 40.8. The summed E-state index contributed by atoms with van der Waals surface area (Å²) in [6.07, 6.45) is 7.98. The van der Waals surface area contributed by atoms with Crippen molar-refractivity contribution in [2.24, 2.45) is 23.7 Å². The second kappa shape index (κ2) is 25.8. The Morgan fingerprint density at radius 2 is 1.05 bits per heavy atom. The number of hydrogen-bond acceptors (Lipinski definition) is 11. The van der Waals surface area contributed by atoms with E-state index in [0.717, 1.165) is 28.2 Å². The van der Waals surface area contributed by atoms with Crippen molar-refractivity contribution >= 4 is 46.6 Å². The van der Waals surface area contributed by atoms with Gasteiger partial charge in [-0.15, -0.1) is 0 Å². The zero-order valence-electron chi connectivity index (χ0n) is 48.3. The van der Waals surface area contributed by atoms with Gasteiger partial charge in [-0.1, -0.05) is 86.6 Å². The van der Waals surface area contributed by atoms with Crippen molar-refractivity contribution in [3.8, 4) is 22.5 Å². The molecule has 438 valence electrons. The number of likely N-dealkylation sites (tertiary alicyclic amines) is 2. The van der Waals surface area contributed by atoms with Gasteiger partial charge in [-0.3, -0.25) is 37.6 Å². The molecule has 0 unspecified atom stereocenters. The average molecular weight is 1140 g/mol. The number of rotatable bonds is 19. The number of imidazole rings is 2. The normalized spacial score (nSPS) is 21.0. The zero-order chi connectivity index (χ0) is 58.4. The van der Waals surface area contributed by atoms with Gasteiger partial charge in [-0.25, -0.2) is 9.97 Å². The molecule has 4 aromatic heterocycles. The van der Waals surface area contributed by atoms with Crippen LogP contribution in [0, 0.1) is 23.7 Å². The van der Waals surface area contributed by atoms with Crippen molar-refractivity contribution in [1.82, 2.24) is 49.8 Å². The van der Waals surface area contributed by atoms with E-state index >= 15 is 9.59 Å². The molecule has 18 nitrogen and oxygen atoms in total. The molecule has 11 rings (SSSR count). The Morgan fingerprint density at radius 3 is 1.51 bits per heavy atom. The van der Waals surface area contributed by atoms with Gasteiger partial charge in [-0.05, 0) is 130 Å². The van der Waals surface area contributed by atoms with Crippen LogP contribution in [-0.2, 0) is 28.7 Å². The van der Waals surface area contributed by atoms with Crippen LogP contribution in [0.4, 0.5) is 0 Å². The Bertz CT molecular complexity index is 3260. The molecule has 3 aromatic carbocycles. The van der Waals surface area contributed by atoms with Gasteiger partial charge in [0.25, 0.3) is 11.8 Å². The Balaban J connectivity index is 0.827. The van der Waals surface area contributed by atoms with Crippen molar-refractivity contribution in [1.29, 1.82) is 0 Å². The lowest BCUT2D eigenvalue weighted by atomic mass is 9.81. The Morgan fingerprint density at radius 1 is 0.583 bits per heavy atom. The van der Waals surface area contributed by atoms with Crippen LogP contribution < -0.4 is 21.3 Å². The summed E-state index contributed by atoms with van der Waals surface area (Å²) in [7, 11) is 1.74. The number of pyridine rings is 2. The molecule has 4 aliphatic rings. The summed E-state index contributed by atoms with van der Waals surface area (Å²) in [6.45, 7) is 8.03. The number of aromatic nitrogens is 4. The predicted molar refractivity (Wildman–Crippen MR) is 318 cm³/mol. The van der Waals surface area contributed by atoms with Gasteiger partial charge in [0.15, 0.2) is 0 Å². The predicted octanol–water partition coefficient (Wildman–Crippen LogP) is 8.03. The maximum atomic E-state index is 15.2. The summed E-state index contributed by atoms with van der Waals surface area (Å²) >= 11 is 0. The lowest BCUT2D eigenvalue weighted by Gasteiger charge is -2.35. The van der Waals surface area contributed by atoms with Gasteiger partial charge < -0.3 is 40.5 Å². The van der Waals surface area contributed by atoms with E-state index in [0.29, 0.717) is 99.5 Å². The molecular weight excluding hydrogens is 1060 g/mol. The van der Waals surface area contributed by atoms with E-state index in [1.165, 1.54) is 0 Å². The minimum absolute atomic E-state index is 0.0377. The molecule has 0 radical (unpaired) electrons. The van der Waals surface area contributed by atoms with Gasteiger partial charge in [0, 0.05) is 93.4 Å². The second-order valence-electron chi connectivity index (χ2n) is 23.2. The maximum Gasteiger partial charge on any atom is 0.251 e. The van der Waals surface area contributed by atoms with E-state index in [2.05, 4.69) is 21.3 Å². The third-order valence-electron chi connectivity index (χ3n) is 17.9. The molecule has 0 spiro atoms. The molecule has 7 aromatic rings.